The van der Waals surface area contributed by atoms with Crippen LogP contribution in [0.25, 0.3) is 0 Å². The molecule has 8 nitrogen and oxygen atoms in total. The van der Waals surface area contributed by atoms with Gasteiger partial charge in [0.2, 0.25) is 0 Å². The fraction of sp³-hybridized carbons (Fsp3) is 0.0667. The van der Waals surface area contributed by atoms with E-state index in [1.54, 1.807) is 0 Å². The van der Waals surface area contributed by atoms with Gasteiger partial charge in [0.1, 0.15) is 28.4 Å². The van der Waals surface area contributed by atoms with Crippen LogP contribution in [0.3, 0.4) is 0 Å². The van der Waals surface area contributed by atoms with Gasteiger partial charge in [-0.1, -0.05) is 0 Å². The summed E-state index contributed by atoms with van der Waals surface area (Å²) in [4.78, 5) is 23.1. The number of rotatable bonds is 4. The van der Waals surface area contributed by atoms with E-state index < -0.39 is 34.8 Å². The van der Waals surface area contributed by atoms with Gasteiger partial charge in [-0.2, -0.15) is 0 Å². The van der Waals surface area contributed by atoms with Crippen LogP contribution in [0, 0.1) is 0 Å². The molecule has 23 heavy (non-hydrogen) atoms. The minimum absolute atomic E-state index is 0.0536. The topological polar surface area (TPSA) is 134 Å². The quantitative estimate of drug-likeness (QED) is 0.494. The number of ether oxygens (including phenoxy) is 2. The molecule has 0 aliphatic carbocycles. The number of carbonyl (C=O) groups is 2. The predicted molar refractivity (Wildman–Crippen MR) is 76.3 cm³/mol. The van der Waals surface area contributed by atoms with E-state index in [0.717, 1.165) is 30.3 Å². The highest BCUT2D eigenvalue weighted by Gasteiger charge is 2.21. The van der Waals surface area contributed by atoms with Gasteiger partial charge in [0.05, 0.1) is 7.11 Å². The predicted octanol–water partition coefficient (Wildman–Crippen LogP) is 1.73. The molecular formula is C15H12O8. The zero-order chi connectivity index (χ0) is 17.1. The lowest BCUT2D eigenvalue weighted by molar-refractivity contribution is 0.0679. The Morgan fingerprint density at radius 1 is 1.00 bits per heavy atom. The summed E-state index contributed by atoms with van der Waals surface area (Å²) in [5, 5.41) is 37.7. The largest absolute Gasteiger partial charge is 0.508 e. The molecule has 0 heterocycles. The van der Waals surface area contributed by atoms with E-state index in [9.17, 15) is 24.9 Å². The van der Waals surface area contributed by atoms with Crippen molar-refractivity contribution in [2.75, 3.05) is 7.11 Å². The molecule has 4 N–H and O–H groups in total. The Kier molecular flexibility index (Phi) is 4.26. The van der Waals surface area contributed by atoms with Gasteiger partial charge < -0.3 is 29.9 Å². The summed E-state index contributed by atoms with van der Waals surface area (Å²) < 4.78 is 9.79. The molecule has 0 fully saturated rings. The number of carboxylic acids is 1. The molecule has 8 heteroatoms. The van der Waals surface area contributed by atoms with Crippen molar-refractivity contribution >= 4 is 11.9 Å². The molecule has 0 saturated heterocycles. The molecule has 0 radical (unpaired) electrons. The first kappa shape index (κ1) is 16.0. The molecule has 2 rings (SSSR count). The zero-order valence-corrected chi connectivity index (χ0v) is 11.8. The highest BCUT2D eigenvalue weighted by atomic mass is 16.5. The summed E-state index contributed by atoms with van der Waals surface area (Å²) in [6.07, 6.45) is 0. The first-order valence-electron chi connectivity index (χ1n) is 6.22. The summed E-state index contributed by atoms with van der Waals surface area (Å²) in [5.74, 6) is -4.43. The summed E-state index contributed by atoms with van der Waals surface area (Å²) in [6.45, 7) is 0. The average molecular weight is 320 g/mol. The molecule has 0 saturated carbocycles. The lowest BCUT2D eigenvalue weighted by Crippen LogP contribution is -2.10. The summed E-state index contributed by atoms with van der Waals surface area (Å²) in [7, 11) is 1.27. The zero-order valence-electron chi connectivity index (χ0n) is 11.8. The van der Waals surface area contributed by atoms with Crippen LogP contribution in [0.2, 0.25) is 0 Å². The fourth-order valence-electron chi connectivity index (χ4n) is 1.79. The standard InChI is InChI=1S/C15H12O8/c1-22-8-5-10(14(19)20)13(18)12(6-8)23-15(21)9-3-2-7(16)4-11(9)17/h2-6,16-18H,1H3,(H,19,20). The van der Waals surface area contributed by atoms with Crippen molar-refractivity contribution in [2.45, 2.75) is 0 Å². The molecule has 2 aromatic carbocycles. The van der Waals surface area contributed by atoms with Crippen LogP contribution < -0.4 is 9.47 Å². The van der Waals surface area contributed by atoms with Gasteiger partial charge in [-0.3, -0.25) is 0 Å². The number of methoxy groups -OCH3 is 1. The number of phenols is 3. The Morgan fingerprint density at radius 3 is 2.26 bits per heavy atom. The fourth-order valence-corrected chi connectivity index (χ4v) is 1.79. The first-order valence-corrected chi connectivity index (χ1v) is 6.22. The van der Waals surface area contributed by atoms with Crippen molar-refractivity contribution in [3.63, 3.8) is 0 Å². The average Bonchev–Trinajstić information content (AvgIpc) is 2.48. The van der Waals surface area contributed by atoms with Crippen molar-refractivity contribution in [1.82, 2.24) is 0 Å². The smallest absolute Gasteiger partial charge is 0.347 e. The molecule has 0 aliphatic heterocycles. The highest BCUT2D eigenvalue weighted by molar-refractivity contribution is 5.96. The number of aromatic carboxylic acids is 1. The van der Waals surface area contributed by atoms with Gasteiger partial charge >= 0.3 is 11.9 Å². The Bertz CT molecular complexity index is 781. The molecule has 0 unspecified atom stereocenters. The van der Waals surface area contributed by atoms with E-state index >= 15 is 0 Å². The molecule has 0 aliphatic rings. The summed E-state index contributed by atoms with van der Waals surface area (Å²) >= 11 is 0. The second-order valence-corrected chi connectivity index (χ2v) is 4.42. The van der Waals surface area contributed by atoms with E-state index in [1.807, 2.05) is 0 Å². The third-order valence-corrected chi connectivity index (χ3v) is 2.92. The van der Waals surface area contributed by atoms with E-state index in [4.69, 9.17) is 14.6 Å². The van der Waals surface area contributed by atoms with Gasteiger partial charge in [0.25, 0.3) is 0 Å². The number of aromatic hydroxyl groups is 3. The highest BCUT2D eigenvalue weighted by Crippen LogP contribution is 2.36. The van der Waals surface area contributed by atoms with Crippen molar-refractivity contribution in [2.24, 2.45) is 0 Å². The van der Waals surface area contributed by atoms with Crippen molar-refractivity contribution < 1.29 is 39.5 Å². The van der Waals surface area contributed by atoms with Gasteiger partial charge in [-0.05, 0) is 18.2 Å². The van der Waals surface area contributed by atoms with E-state index in [0.29, 0.717) is 0 Å². The van der Waals surface area contributed by atoms with E-state index in [-0.39, 0.29) is 17.1 Å². The second kappa shape index (κ2) is 6.14. The van der Waals surface area contributed by atoms with Crippen LogP contribution in [0.1, 0.15) is 20.7 Å². The molecule has 0 atom stereocenters. The monoisotopic (exact) mass is 320 g/mol. The summed E-state index contributed by atoms with van der Waals surface area (Å²) in [6, 6.07) is 5.39. The Balaban J connectivity index is 2.41. The molecular weight excluding hydrogens is 308 g/mol. The lowest BCUT2D eigenvalue weighted by Gasteiger charge is -2.11. The Labute approximate surface area is 129 Å². The number of hydrogen-bond donors (Lipinski definition) is 4. The summed E-state index contributed by atoms with van der Waals surface area (Å²) in [5.41, 5.74) is -0.788. The maximum atomic E-state index is 12.0. The SMILES string of the molecule is COc1cc(OC(=O)c2ccc(O)cc2O)c(O)c(C(=O)O)c1. The third-order valence-electron chi connectivity index (χ3n) is 2.92. The first-order chi connectivity index (χ1) is 10.8. The molecule has 120 valence electrons. The van der Waals surface area contributed by atoms with Gasteiger partial charge in [-0.25, -0.2) is 9.59 Å². The second-order valence-electron chi connectivity index (χ2n) is 4.42. The number of hydrogen-bond acceptors (Lipinski definition) is 7. The van der Waals surface area contributed by atoms with Gasteiger partial charge in [0, 0.05) is 12.1 Å². The molecule has 0 bridgehead atoms. The minimum Gasteiger partial charge on any atom is -0.508 e. The molecule has 2 aromatic rings. The van der Waals surface area contributed by atoms with Crippen molar-refractivity contribution in [3.05, 3.63) is 41.5 Å². The number of esters is 1. The Morgan fingerprint density at radius 2 is 1.70 bits per heavy atom. The van der Waals surface area contributed by atoms with Crippen LogP contribution in [-0.4, -0.2) is 39.5 Å². The molecule has 0 amide bonds. The molecule has 0 aromatic heterocycles. The minimum atomic E-state index is -1.44. The van der Waals surface area contributed by atoms with Crippen molar-refractivity contribution in [3.8, 4) is 28.7 Å². The van der Waals surface area contributed by atoms with Crippen LogP contribution >= 0.6 is 0 Å². The maximum absolute atomic E-state index is 12.0. The van der Waals surface area contributed by atoms with Crippen LogP contribution in [0.15, 0.2) is 30.3 Å². The van der Waals surface area contributed by atoms with Crippen molar-refractivity contribution in [1.29, 1.82) is 0 Å². The third kappa shape index (κ3) is 3.26. The van der Waals surface area contributed by atoms with E-state index in [2.05, 4.69) is 0 Å². The van der Waals surface area contributed by atoms with Crippen LogP contribution in [0.4, 0.5) is 0 Å². The van der Waals surface area contributed by atoms with E-state index in [1.165, 1.54) is 7.11 Å². The van der Waals surface area contributed by atoms with Gasteiger partial charge in [-0.15, -0.1) is 0 Å². The van der Waals surface area contributed by atoms with Crippen LogP contribution in [-0.2, 0) is 0 Å². The lowest BCUT2D eigenvalue weighted by atomic mass is 10.1. The molecule has 0 spiro atoms. The number of carboxylic acid groups (broad SMARTS) is 1. The number of phenolic OH excluding ortho intramolecular Hbond substituents is 2. The number of carbonyl (C=O) groups excluding carboxylic acids is 1. The normalized spacial score (nSPS) is 10.1. The number of benzene rings is 2. The maximum Gasteiger partial charge on any atom is 0.347 e. The van der Waals surface area contributed by atoms with Gasteiger partial charge in [0.15, 0.2) is 11.5 Å². The van der Waals surface area contributed by atoms with Crippen LogP contribution in [0.5, 0.6) is 28.7 Å². The Hall–Kier alpha value is -3.42.